The van der Waals surface area contributed by atoms with Crippen molar-refractivity contribution in [1.29, 1.82) is 0 Å². The molecule has 5 fully saturated rings. The third kappa shape index (κ3) is 6.73. The van der Waals surface area contributed by atoms with Gasteiger partial charge in [0.15, 0.2) is 21.3 Å². The number of ether oxygens (including phenoxy) is 1. The Kier molecular flexibility index (Phi) is 11.1. The van der Waals surface area contributed by atoms with Gasteiger partial charge < -0.3 is 40.3 Å². The molecule has 1 unspecified atom stereocenters. The number of carboxylic acid groups (broad SMARTS) is 2. The van der Waals surface area contributed by atoms with Crippen LogP contribution in [0.3, 0.4) is 0 Å². The molecule has 0 aromatic heterocycles. The standard InChI is InChI=1S/C23H27N5O7S.C11H13NO7S/c1-4-26-10-11-27(19(32)18(26)31)22(35)25-13(12-8-6-5-7-9-12)16(29)24-14-17(30)28-15(21(33)34)23(2,3)36-20(14)28;1-11(2)7(10(15)16)12-8(14)5(4-6(13)19-3)9(12)20(11,17)18/h5-9,13-15,20H,4,10-11H2,1-3H3,(H,24,29)(H,25,35)(H,33,34);4,7,9H,1-3H3,(H,15,16)/b;5-4-/t13?,14-,15+,20-;7-,9+/m00/s1. The highest BCUT2D eigenvalue weighted by molar-refractivity contribution is 8.01. The second-order valence-corrected chi connectivity index (χ2v) is 18.7. The third-order valence-electron chi connectivity index (χ3n) is 10.2. The molecule has 7 amide bonds. The largest absolute Gasteiger partial charge is 0.480 e. The van der Waals surface area contributed by atoms with Crippen molar-refractivity contribution in [2.45, 2.75) is 79.0 Å². The van der Waals surface area contributed by atoms with E-state index in [1.54, 1.807) is 51.1 Å². The number of fused-ring (bicyclic) bond motifs is 2. The monoisotopic (exact) mass is 820 g/mol. The minimum absolute atomic E-state index is 0.0200. The summed E-state index contributed by atoms with van der Waals surface area (Å²) in [5, 5.41) is 21.9. The van der Waals surface area contributed by atoms with E-state index < -0.39 is 108 Å². The molecule has 0 spiro atoms. The average Bonchev–Trinajstić information content (AvgIpc) is 3.48. The lowest BCUT2D eigenvalue weighted by atomic mass is 9.95. The van der Waals surface area contributed by atoms with Crippen molar-refractivity contribution in [3.8, 4) is 0 Å². The first-order valence-corrected chi connectivity index (χ1v) is 19.6. The molecule has 5 aliphatic heterocycles. The first kappa shape index (κ1) is 41.6. The lowest BCUT2D eigenvalue weighted by Crippen LogP contribution is -2.71. The zero-order valence-corrected chi connectivity index (χ0v) is 32.6. The molecule has 20 nitrogen and oxygen atoms in total. The number of methoxy groups -OCH3 is 1. The lowest BCUT2D eigenvalue weighted by molar-refractivity contribution is -0.161. The second-order valence-electron chi connectivity index (χ2n) is 14.3. The van der Waals surface area contributed by atoms with Crippen molar-refractivity contribution >= 4 is 75.1 Å². The molecular weight excluding hydrogens is 781 g/mol. The van der Waals surface area contributed by atoms with Gasteiger partial charge in [-0.3, -0.25) is 28.9 Å². The maximum absolute atomic E-state index is 13.3. The number of amides is 7. The summed E-state index contributed by atoms with van der Waals surface area (Å²) >= 11 is 1.28. The van der Waals surface area contributed by atoms with Crippen molar-refractivity contribution in [1.82, 2.24) is 30.2 Å². The molecule has 6 atom stereocenters. The summed E-state index contributed by atoms with van der Waals surface area (Å²) in [4.78, 5) is 114. The number of aliphatic carboxylic acids is 2. The number of likely N-dealkylation sites (N-methyl/N-ethyl adjacent to an activating group) is 1. The van der Waals surface area contributed by atoms with Crippen LogP contribution in [0.2, 0.25) is 0 Å². The van der Waals surface area contributed by atoms with E-state index in [4.69, 9.17) is 5.11 Å². The van der Waals surface area contributed by atoms with Gasteiger partial charge in [0.1, 0.15) is 28.2 Å². The van der Waals surface area contributed by atoms with Crippen molar-refractivity contribution in [3.63, 3.8) is 0 Å². The molecule has 5 aliphatic rings. The van der Waals surface area contributed by atoms with Crippen LogP contribution in [-0.2, 0) is 52.9 Å². The van der Waals surface area contributed by atoms with E-state index in [9.17, 15) is 56.7 Å². The number of benzene rings is 1. The Hall–Kier alpha value is -5.51. The molecule has 4 N–H and O–H groups in total. The maximum atomic E-state index is 13.3. The van der Waals surface area contributed by atoms with E-state index in [0.29, 0.717) is 12.1 Å². The number of carboxylic acids is 2. The number of imide groups is 1. The minimum atomic E-state index is -3.95. The second kappa shape index (κ2) is 14.9. The molecule has 0 bridgehead atoms. The van der Waals surface area contributed by atoms with E-state index >= 15 is 0 Å². The van der Waals surface area contributed by atoms with Gasteiger partial charge >= 0.3 is 35.8 Å². The normalized spacial score (nSPS) is 27.8. The van der Waals surface area contributed by atoms with Gasteiger partial charge in [0.25, 0.3) is 5.91 Å². The number of hydrogen-bond donors (Lipinski definition) is 4. The van der Waals surface area contributed by atoms with Crippen LogP contribution in [0.4, 0.5) is 4.79 Å². The number of hydrogen-bond acceptors (Lipinski definition) is 13. The number of rotatable bonds is 8. The molecule has 0 radical (unpaired) electrons. The zero-order chi connectivity index (χ0) is 41.8. The average molecular weight is 821 g/mol. The number of carbonyl (C=O) groups is 9. The predicted molar refractivity (Wildman–Crippen MR) is 192 cm³/mol. The number of thioether (sulfide) groups is 1. The Morgan fingerprint density at radius 3 is 2.09 bits per heavy atom. The fraction of sp³-hybridized carbons (Fsp3) is 0.500. The van der Waals surface area contributed by atoms with Crippen LogP contribution in [0.25, 0.3) is 0 Å². The predicted octanol–water partition coefficient (Wildman–Crippen LogP) is -1.33. The number of nitrogens with one attached hydrogen (secondary N) is 2. The topological polar surface area (TPSA) is 274 Å². The Bertz CT molecular complexity index is 2050. The van der Waals surface area contributed by atoms with E-state index in [0.717, 1.165) is 23.0 Å². The van der Waals surface area contributed by atoms with Crippen LogP contribution in [-0.4, -0.2) is 157 Å². The van der Waals surface area contributed by atoms with Crippen LogP contribution in [0.15, 0.2) is 42.0 Å². The van der Waals surface area contributed by atoms with E-state index in [2.05, 4.69) is 15.4 Å². The molecule has 5 heterocycles. The lowest BCUT2D eigenvalue weighted by Gasteiger charge is -2.44. The third-order valence-corrected chi connectivity index (χ3v) is 14.6. The Balaban J connectivity index is 0.000000253. The number of sulfone groups is 1. The highest BCUT2D eigenvalue weighted by atomic mass is 32.2. The summed E-state index contributed by atoms with van der Waals surface area (Å²) in [6.07, 6.45) is 0.793. The van der Waals surface area contributed by atoms with Crippen molar-refractivity contribution < 1.29 is 66.5 Å². The van der Waals surface area contributed by atoms with Gasteiger partial charge in [-0.25, -0.2) is 27.6 Å². The van der Waals surface area contributed by atoms with Crippen molar-refractivity contribution in [2.75, 3.05) is 26.7 Å². The summed E-state index contributed by atoms with van der Waals surface area (Å²) < 4.78 is 26.7. The van der Waals surface area contributed by atoms with Gasteiger partial charge in [-0.15, -0.1) is 11.8 Å². The summed E-state index contributed by atoms with van der Waals surface area (Å²) in [6.45, 7) is 8.18. The summed E-state index contributed by atoms with van der Waals surface area (Å²) in [6, 6.07) is 2.64. The SMILES string of the molecule is CCN1CCN(C(=O)NC(C(=O)N[C@H]2C(=O)N3[C@H]2SC(C)(C)[C@H]3C(=O)O)c2ccccc2)C(=O)C1=O.COC(=O)/C=C1/C(=O)N2[C@@H](C(=O)O)C(C)(C)S(=O)(=O)[C@H]12. The van der Waals surface area contributed by atoms with Gasteiger partial charge in [-0.05, 0) is 40.2 Å². The molecule has 0 aliphatic carbocycles. The molecular formula is C34H40N6O14S2. The number of urea groups is 1. The molecule has 56 heavy (non-hydrogen) atoms. The molecule has 6 rings (SSSR count). The van der Waals surface area contributed by atoms with Crippen LogP contribution in [0, 0.1) is 0 Å². The van der Waals surface area contributed by atoms with Crippen molar-refractivity contribution in [2.24, 2.45) is 0 Å². The highest BCUT2D eigenvalue weighted by Gasteiger charge is 2.70. The number of piperazine rings is 1. The molecule has 0 saturated carbocycles. The van der Waals surface area contributed by atoms with Gasteiger partial charge in [-0.1, -0.05) is 30.3 Å². The van der Waals surface area contributed by atoms with Crippen LogP contribution < -0.4 is 10.6 Å². The van der Waals surface area contributed by atoms with E-state index in [1.165, 1.54) is 35.4 Å². The number of esters is 1. The smallest absolute Gasteiger partial charge is 0.331 e. The molecule has 1 aromatic rings. The summed E-state index contributed by atoms with van der Waals surface area (Å²) in [7, 11) is -2.86. The molecule has 5 saturated heterocycles. The van der Waals surface area contributed by atoms with Gasteiger partial charge in [0.2, 0.25) is 11.8 Å². The molecule has 302 valence electrons. The molecule has 22 heteroatoms. The van der Waals surface area contributed by atoms with Crippen LogP contribution in [0.1, 0.15) is 46.2 Å². The number of nitrogens with zero attached hydrogens (tertiary/aromatic N) is 4. The quantitative estimate of drug-likeness (QED) is 0.102. The number of β-lactam (4-membered cyclic amide) rings is 2. The fourth-order valence-corrected chi connectivity index (χ4v) is 11.0. The van der Waals surface area contributed by atoms with Crippen molar-refractivity contribution in [3.05, 3.63) is 47.5 Å². The minimum Gasteiger partial charge on any atom is -0.480 e. The Morgan fingerprint density at radius 2 is 1.54 bits per heavy atom. The fourth-order valence-electron chi connectivity index (χ4n) is 7.23. The summed E-state index contributed by atoms with van der Waals surface area (Å²) in [5.74, 6) is -7.15. The first-order chi connectivity index (χ1) is 26.0. The van der Waals surface area contributed by atoms with E-state index in [-0.39, 0.29) is 18.7 Å². The van der Waals surface area contributed by atoms with Crippen LogP contribution in [0.5, 0.6) is 0 Å². The maximum Gasteiger partial charge on any atom is 0.331 e. The van der Waals surface area contributed by atoms with Gasteiger partial charge in [-0.2, -0.15) is 0 Å². The summed E-state index contributed by atoms with van der Waals surface area (Å²) in [5.41, 5.74) is 0.148. The zero-order valence-electron chi connectivity index (χ0n) is 30.9. The highest BCUT2D eigenvalue weighted by Crippen LogP contribution is 2.51. The Morgan fingerprint density at radius 1 is 0.929 bits per heavy atom. The number of carbonyl (C=O) groups excluding carboxylic acids is 7. The van der Waals surface area contributed by atoms with Gasteiger partial charge in [0, 0.05) is 30.5 Å². The van der Waals surface area contributed by atoms with E-state index in [1.807, 2.05) is 0 Å². The molecule has 1 aromatic carbocycles. The van der Waals surface area contributed by atoms with Crippen LogP contribution >= 0.6 is 11.8 Å². The first-order valence-electron chi connectivity index (χ1n) is 17.1. The van der Waals surface area contributed by atoms with Gasteiger partial charge in [0.05, 0.1) is 12.7 Å². The Labute approximate surface area is 324 Å².